The van der Waals surface area contributed by atoms with Crippen LogP contribution < -0.4 is 5.32 Å². The molecule has 3 aromatic heterocycles. The number of thiophene rings is 2. The predicted molar refractivity (Wildman–Crippen MR) is 142 cm³/mol. The maximum absolute atomic E-state index is 12.6. The van der Waals surface area contributed by atoms with Crippen molar-refractivity contribution in [2.75, 3.05) is 5.32 Å². The number of aryl methyl sites for hydroxylation is 1. The maximum atomic E-state index is 12.6. The summed E-state index contributed by atoms with van der Waals surface area (Å²) in [5.41, 5.74) is 0.390. The summed E-state index contributed by atoms with van der Waals surface area (Å²) in [7, 11) is 1.69. The van der Waals surface area contributed by atoms with Gasteiger partial charge in [-0.15, -0.1) is 22.7 Å². The fourth-order valence-corrected chi connectivity index (χ4v) is 7.22. The number of fused-ring (bicyclic) bond motifs is 1. The highest BCUT2D eigenvalue weighted by Gasteiger charge is 2.54. The van der Waals surface area contributed by atoms with E-state index in [-0.39, 0.29) is 0 Å². The molecule has 1 aliphatic carbocycles. The van der Waals surface area contributed by atoms with E-state index in [0.29, 0.717) is 39.8 Å². The van der Waals surface area contributed by atoms with Gasteiger partial charge in [0.1, 0.15) is 17.3 Å². The lowest BCUT2D eigenvalue weighted by molar-refractivity contribution is -0.139. The Morgan fingerprint density at radius 1 is 1.25 bits per heavy atom. The minimum Gasteiger partial charge on any atom is -0.481 e. The summed E-state index contributed by atoms with van der Waals surface area (Å²) in [4.78, 5) is 25.7. The lowest BCUT2D eigenvalue weighted by Gasteiger charge is -2.15. The molecule has 1 atom stereocenters. The molecule has 1 fully saturated rings. The van der Waals surface area contributed by atoms with E-state index in [2.05, 4.69) is 22.3 Å². The highest BCUT2D eigenvalue weighted by atomic mass is 35.5. The van der Waals surface area contributed by atoms with Gasteiger partial charge in [0.15, 0.2) is 0 Å². The van der Waals surface area contributed by atoms with Gasteiger partial charge in [0.25, 0.3) is 0 Å². The smallest absolute Gasteiger partial charge is 0.413 e. The number of anilines is 1. The number of hydrogen-bond acceptors (Lipinski definition) is 6. The number of carboxylic acids is 1. The molecule has 11 heteroatoms. The van der Waals surface area contributed by atoms with E-state index in [9.17, 15) is 14.7 Å². The molecule has 5 rings (SSSR count). The molecule has 4 aromatic rings. The lowest BCUT2D eigenvalue weighted by Crippen LogP contribution is -2.18. The monoisotopic (exact) mass is 559 g/mol. The molecule has 1 aromatic carbocycles. The fourth-order valence-electron chi connectivity index (χ4n) is 3.85. The number of rotatable bonds is 5. The average molecular weight is 560 g/mol. The van der Waals surface area contributed by atoms with Gasteiger partial charge in [-0.25, -0.2) is 4.79 Å². The number of amides is 1. The summed E-state index contributed by atoms with van der Waals surface area (Å²) < 4.78 is 8.75. The second-order valence-electron chi connectivity index (χ2n) is 8.41. The number of ether oxygens (including phenoxy) is 1. The van der Waals surface area contributed by atoms with Crippen molar-refractivity contribution in [2.24, 2.45) is 7.05 Å². The van der Waals surface area contributed by atoms with Crippen molar-refractivity contribution >= 4 is 73.2 Å². The Hall–Kier alpha value is -3.03. The van der Waals surface area contributed by atoms with Crippen molar-refractivity contribution in [3.8, 4) is 11.8 Å². The number of nitrogens with one attached hydrogen (secondary N) is 1. The quantitative estimate of drug-likeness (QED) is 0.261. The molecular weight excluding hydrogens is 541 g/mol. The van der Waals surface area contributed by atoms with Crippen LogP contribution in [0.2, 0.25) is 10.0 Å². The first kappa shape index (κ1) is 24.7. The average Bonchev–Trinajstić information content (AvgIpc) is 3.32. The zero-order chi connectivity index (χ0) is 25.6. The van der Waals surface area contributed by atoms with Gasteiger partial charge in [0, 0.05) is 27.2 Å². The second kappa shape index (κ2) is 9.45. The topological polar surface area (TPSA) is 93.4 Å². The number of hydrogen-bond donors (Lipinski definition) is 2. The third-order valence-electron chi connectivity index (χ3n) is 6.01. The summed E-state index contributed by atoms with van der Waals surface area (Å²) in [6.45, 7) is 1.74. The number of benzene rings is 1. The number of halogens is 2. The number of nitrogens with zero attached hydrogens (tertiary/aromatic N) is 2. The van der Waals surface area contributed by atoms with Gasteiger partial charge in [-0.1, -0.05) is 53.2 Å². The Morgan fingerprint density at radius 3 is 2.67 bits per heavy atom. The number of carbonyl (C=O) groups excluding carboxylic acids is 1. The minimum atomic E-state index is -0.833. The third kappa shape index (κ3) is 4.46. The first-order chi connectivity index (χ1) is 17.2. The summed E-state index contributed by atoms with van der Waals surface area (Å²) in [6, 6.07) is 9.08. The molecule has 1 saturated carbocycles. The van der Waals surface area contributed by atoms with Crippen LogP contribution in [-0.2, 0) is 22.0 Å². The maximum Gasteiger partial charge on any atom is 0.413 e. The summed E-state index contributed by atoms with van der Waals surface area (Å²) >= 11 is 15.6. The number of carbonyl (C=O) groups is 2. The van der Waals surface area contributed by atoms with Gasteiger partial charge < -0.3 is 9.84 Å². The SMILES string of the molecule is CC(OC(=O)Nc1c(C#Cc2cc3sc(C4(C(=O)O)CC4)c(Cl)c3s2)cnn1C)c1ccccc1Cl. The molecule has 0 saturated heterocycles. The molecule has 0 spiro atoms. The first-order valence-electron chi connectivity index (χ1n) is 10.9. The van der Waals surface area contributed by atoms with E-state index >= 15 is 0 Å². The zero-order valence-electron chi connectivity index (χ0n) is 19.1. The molecule has 2 N–H and O–H groups in total. The third-order valence-corrected chi connectivity index (χ3v) is 9.49. The Bertz CT molecular complexity index is 1570. The standard InChI is InChI=1S/C25H19Cl2N3O4S2/c1-13(16-5-3-4-6-17(16)26)34-24(33)29-22-14(12-28-30(22)2)7-8-15-11-18-20(35-15)19(27)21(36-18)25(9-10-25)23(31)32/h3-6,11-13H,9-10H2,1-2H3,(H,29,33)(H,31,32). The normalized spacial score (nSPS) is 14.7. The largest absolute Gasteiger partial charge is 0.481 e. The van der Waals surface area contributed by atoms with Crippen molar-refractivity contribution < 1.29 is 19.4 Å². The molecule has 36 heavy (non-hydrogen) atoms. The van der Waals surface area contributed by atoms with Crippen molar-refractivity contribution in [2.45, 2.75) is 31.3 Å². The van der Waals surface area contributed by atoms with Gasteiger partial charge in [-0.2, -0.15) is 5.10 Å². The number of carboxylic acid groups (broad SMARTS) is 1. The van der Waals surface area contributed by atoms with Crippen LogP contribution in [0.25, 0.3) is 9.40 Å². The van der Waals surface area contributed by atoms with E-state index in [0.717, 1.165) is 19.2 Å². The number of aliphatic carboxylic acids is 1. The molecule has 1 aliphatic rings. The second-order valence-corrected chi connectivity index (χ2v) is 11.3. The van der Waals surface area contributed by atoms with E-state index in [1.807, 2.05) is 18.2 Å². The minimum absolute atomic E-state index is 0.398. The summed E-state index contributed by atoms with van der Waals surface area (Å²) in [5.74, 6) is 5.72. The van der Waals surface area contributed by atoms with E-state index in [1.165, 1.54) is 27.4 Å². The molecule has 3 heterocycles. The zero-order valence-corrected chi connectivity index (χ0v) is 22.2. The van der Waals surface area contributed by atoms with Crippen LogP contribution >= 0.6 is 45.9 Å². The van der Waals surface area contributed by atoms with Crippen LogP contribution in [0.5, 0.6) is 0 Å². The fraction of sp³-hybridized carbons (Fsp3) is 0.240. The van der Waals surface area contributed by atoms with Gasteiger partial charge in [0.05, 0.1) is 26.4 Å². The highest BCUT2D eigenvalue weighted by Crippen LogP contribution is 2.56. The Morgan fingerprint density at radius 2 is 2.00 bits per heavy atom. The van der Waals surface area contributed by atoms with Gasteiger partial charge in [-0.3, -0.25) is 14.8 Å². The van der Waals surface area contributed by atoms with E-state index < -0.39 is 23.6 Å². The highest BCUT2D eigenvalue weighted by molar-refractivity contribution is 7.29. The Kier molecular flexibility index (Phi) is 6.47. The van der Waals surface area contributed by atoms with Crippen molar-refractivity contribution in [1.82, 2.24) is 9.78 Å². The van der Waals surface area contributed by atoms with Gasteiger partial charge in [0.2, 0.25) is 0 Å². The summed E-state index contributed by atoms with van der Waals surface area (Å²) in [6.07, 6.45) is 1.58. The van der Waals surface area contributed by atoms with Crippen molar-refractivity contribution in [3.05, 3.63) is 67.5 Å². The lowest BCUT2D eigenvalue weighted by atomic mass is 10.1. The van der Waals surface area contributed by atoms with E-state index in [4.69, 9.17) is 27.9 Å². The van der Waals surface area contributed by atoms with Crippen LogP contribution in [0, 0.1) is 11.8 Å². The van der Waals surface area contributed by atoms with E-state index in [1.54, 1.807) is 32.3 Å². The molecule has 1 amide bonds. The molecule has 0 aliphatic heterocycles. The van der Waals surface area contributed by atoms with Crippen LogP contribution in [0.15, 0.2) is 36.5 Å². The molecule has 0 bridgehead atoms. The van der Waals surface area contributed by atoms with Crippen molar-refractivity contribution in [3.63, 3.8) is 0 Å². The first-order valence-corrected chi connectivity index (χ1v) is 13.3. The summed E-state index contributed by atoms with van der Waals surface area (Å²) in [5, 5.41) is 17.5. The molecule has 1 unspecified atom stereocenters. The van der Waals surface area contributed by atoms with Crippen LogP contribution in [0.1, 0.15) is 46.8 Å². The van der Waals surface area contributed by atoms with Gasteiger partial charge >= 0.3 is 12.1 Å². The van der Waals surface area contributed by atoms with Crippen LogP contribution in [0.3, 0.4) is 0 Å². The molecule has 7 nitrogen and oxygen atoms in total. The Balaban J connectivity index is 1.33. The molecule has 184 valence electrons. The number of aromatic nitrogens is 2. The van der Waals surface area contributed by atoms with Crippen molar-refractivity contribution in [1.29, 1.82) is 0 Å². The van der Waals surface area contributed by atoms with Crippen LogP contribution in [-0.4, -0.2) is 26.9 Å². The molecular formula is C25H19Cl2N3O4S2. The van der Waals surface area contributed by atoms with Gasteiger partial charge in [-0.05, 0) is 31.9 Å². The van der Waals surface area contributed by atoms with Crippen LogP contribution in [0.4, 0.5) is 10.6 Å². The molecule has 0 radical (unpaired) electrons. The Labute approximate surface area is 224 Å². The predicted octanol–water partition coefficient (Wildman–Crippen LogP) is 6.83.